The third-order valence-electron chi connectivity index (χ3n) is 2.91. The summed E-state index contributed by atoms with van der Waals surface area (Å²) in [5.74, 6) is 0. The van der Waals surface area contributed by atoms with Crippen LogP contribution in [0.4, 0.5) is 0 Å². The molecule has 0 saturated heterocycles. The summed E-state index contributed by atoms with van der Waals surface area (Å²) < 4.78 is 2.48. The van der Waals surface area contributed by atoms with Gasteiger partial charge < -0.3 is 5.11 Å². The molecule has 0 radical (unpaired) electrons. The molecule has 1 N–H and O–H groups in total. The molecule has 0 aliphatic heterocycles. The van der Waals surface area contributed by atoms with Crippen LogP contribution in [0.3, 0.4) is 0 Å². The SMILES string of the molecule is CCC(O)(Cn1cncn1)c1ccc(Br)cc1Cl. The van der Waals surface area contributed by atoms with E-state index in [2.05, 4.69) is 26.0 Å². The van der Waals surface area contributed by atoms with E-state index < -0.39 is 5.60 Å². The van der Waals surface area contributed by atoms with Crippen molar-refractivity contribution in [3.8, 4) is 0 Å². The summed E-state index contributed by atoms with van der Waals surface area (Å²) in [5, 5.41) is 15.3. The number of benzene rings is 1. The Morgan fingerprint density at radius 1 is 1.50 bits per heavy atom. The Morgan fingerprint density at radius 3 is 2.83 bits per heavy atom. The molecule has 6 heteroatoms. The highest BCUT2D eigenvalue weighted by molar-refractivity contribution is 9.10. The molecule has 0 fully saturated rings. The van der Waals surface area contributed by atoms with E-state index in [1.165, 1.54) is 6.33 Å². The molecule has 0 spiro atoms. The van der Waals surface area contributed by atoms with Gasteiger partial charge in [0.25, 0.3) is 0 Å². The van der Waals surface area contributed by atoms with Crippen LogP contribution in [0.1, 0.15) is 18.9 Å². The first-order valence-corrected chi connectivity index (χ1v) is 6.72. The van der Waals surface area contributed by atoms with E-state index in [4.69, 9.17) is 11.6 Å². The van der Waals surface area contributed by atoms with Gasteiger partial charge in [-0.25, -0.2) is 9.67 Å². The van der Waals surface area contributed by atoms with Gasteiger partial charge in [-0.05, 0) is 18.6 Å². The summed E-state index contributed by atoms with van der Waals surface area (Å²) in [6.45, 7) is 2.24. The number of aromatic nitrogens is 3. The highest BCUT2D eigenvalue weighted by Crippen LogP contribution is 2.34. The summed E-state index contributed by atoms with van der Waals surface area (Å²) in [6, 6.07) is 5.47. The number of halogens is 2. The number of rotatable bonds is 4. The third kappa shape index (κ3) is 2.74. The van der Waals surface area contributed by atoms with Gasteiger partial charge in [0.1, 0.15) is 18.3 Å². The Kier molecular flexibility index (Phi) is 4.04. The Morgan fingerprint density at radius 2 is 2.28 bits per heavy atom. The zero-order chi connectivity index (χ0) is 13.2. The van der Waals surface area contributed by atoms with Crippen LogP contribution in [0.25, 0.3) is 0 Å². The lowest BCUT2D eigenvalue weighted by Crippen LogP contribution is -2.31. The van der Waals surface area contributed by atoms with E-state index in [1.807, 2.05) is 19.1 Å². The van der Waals surface area contributed by atoms with E-state index in [0.717, 1.165) is 4.47 Å². The van der Waals surface area contributed by atoms with Gasteiger partial charge in [-0.3, -0.25) is 0 Å². The lowest BCUT2D eigenvalue weighted by Gasteiger charge is -2.28. The highest BCUT2D eigenvalue weighted by Gasteiger charge is 2.30. The van der Waals surface area contributed by atoms with E-state index in [0.29, 0.717) is 23.6 Å². The Balaban J connectivity index is 2.36. The van der Waals surface area contributed by atoms with Crippen molar-refractivity contribution in [2.45, 2.75) is 25.5 Å². The molecule has 0 saturated carbocycles. The number of aliphatic hydroxyl groups is 1. The average Bonchev–Trinajstić information content (AvgIpc) is 2.81. The maximum atomic E-state index is 10.7. The van der Waals surface area contributed by atoms with Crippen molar-refractivity contribution in [1.82, 2.24) is 14.8 Å². The van der Waals surface area contributed by atoms with Crippen molar-refractivity contribution in [2.75, 3.05) is 0 Å². The minimum Gasteiger partial charge on any atom is -0.383 e. The molecular weight excluding hydrogens is 318 g/mol. The van der Waals surface area contributed by atoms with Crippen LogP contribution in [0.2, 0.25) is 5.02 Å². The molecule has 1 aromatic carbocycles. The van der Waals surface area contributed by atoms with Gasteiger partial charge in [-0.1, -0.05) is 40.5 Å². The summed E-state index contributed by atoms with van der Waals surface area (Å²) in [6.07, 6.45) is 3.56. The predicted molar refractivity (Wildman–Crippen MR) is 73.4 cm³/mol. The van der Waals surface area contributed by atoms with Gasteiger partial charge in [0.05, 0.1) is 6.54 Å². The maximum Gasteiger partial charge on any atom is 0.137 e. The second-order valence-electron chi connectivity index (χ2n) is 4.10. The molecule has 1 heterocycles. The summed E-state index contributed by atoms with van der Waals surface area (Å²) in [7, 11) is 0. The molecular formula is C12H13BrClN3O. The molecule has 2 rings (SSSR count). The number of hydrogen-bond acceptors (Lipinski definition) is 3. The quantitative estimate of drug-likeness (QED) is 0.937. The minimum atomic E-state index is -1.05. The van der Waals surface area contributed by atoms with Gasteiger partial charge >= 0.3 is 0 Å². The summed E-state index contributed by atoms with van der Waals surface area (Å²) in [4.78, 5) is 3.87. The molecule has 18 heavy (non-hydrogen) atoms. The zero-order valence-corrected chi connectivity index (χ0v) is 12.2. The lowest BCUT2D eigenvalue weighted by atomic mass is 9.91. The normalized spacial score (nSPS) is 14.4. The van der Waals surface area contributed by atoms with Crippen molar-refractivity contribution in [3.63, 3.8) is 0 Å². The van der Waals surface area contributed by atoms with Crippen LogP contribution in [-0.4, -0.2) is 19.9 Å². The van der Waals surface area contributed by atoms with Crippen molar-refractivity contribution < 1.29 is 5.11 Å². The van der Waals surface area contributed by atoms with Crippen LogP contribution in [0.5, 0.6) is 0 Å². The second kappa shape index (κ2) is 5.38. The van der Waals surface area contributed by atoms with Crippen LogP contribution >= 0.6 is 27.5 Å². The molecule has 0 aliphatic rings. The summed E-state index contributed by atoms with van der Waals surface area (Å²) in [5.41, 5.74) is -0.351. The fraction of sp³-hybridized carbons (Fsp3) is 0.333. The molecule has 96 valence electrons. The minimum absolute atomic E-state index is 0.324. The van der Waals surface area contributed by atoms with Crippen LogP contribution < -0.4 is 0 Å². The van der Waals surface area contributed by atoms with Crippen molar-refractivity contribution >= 4 is 27.5 Å². The molecule has 4 nitrogen and oxygen atoms in total. The Bertz CT molecular complexity index is 532. The van der Waals surface area contributed by atoms with Gasteiger partial charge in [0, 0.05) is 15.1 Å². The first-order valence-electron chi connectivity index (χ1n) is 5.55. The Hall–Kier alpha value is -0.910. The highest BCUT2D eigenvalue weighted by atomic mass is 79.9. The number of hydrogen-bond donors (Lipinski definition) is 1. The first-order chi connectivity index (χ1) is 8.55. The van der Waals surface area contributed by atoms with E-state index in [-0.39, 0.29) is 0 Å². The van der Waals surface area contributed by atoms with E-state index in [9.17, 15) is 5.11 Å². The largest absolute Gasteiger partial charge is 0.383 e. The van der Waals surface area contributed by atoms with E-state index in [1.54, 1.807) is 17.1 Å². The topological polar surface area (TPSA) is 50.9 Å². The molecule has 1 unspecified atom stereocenters. The molecule has 2 aromatic rings. The maximum absolute atomic E-state index is 10.7. The lowest BCUT2D eigenvalue weighted by molar-refractivity contribution is 0.0110. The van der Waals surface area contributed by atoms with Crippen molar-refractivity contribution in [3.05, 3.63) is 45.9 Å². The van der Waals surface area contributed by atoms with Crippen molar-refractivity contribution in [2.24, 2.45) is 0 Å². The van der Waals surface area contributed by atoms with Crippen molar-refractivity contribution in [1.29, 1.82) is 0 Å². The predicted octanol–water partition coefficient (Wildman–Crippen LogP) is 2.99. The van der Waals surface area contributed by atoms with Crippen LogP contribution in [-0.2, 0) is 12.1 Å². The molecule has 0 aliphatic carbocycles. The second-order valence-corrected chi connectivity index (χ2v) is 5.43. The average molecular weight is 331 g/mol. The molecule has 0 bridgehead atoms. The van der Waals surface area contributed by atoms with Gasteiger partial charge in [0.15, 0.2) is 0 Å². The standard InChI is InChI=1S/C12H13BrClN3O/c1-2-12(18,6-17-8-15-7-16-17)10-4-3-9(13)5-11(10)14/h3-5,7-8,18H,2,6H2,1H3. The van der Waals surface area contributed by atoms with Crippen LogP contribution in [0, 0.1) is 0 Å². The smallest absolute Gasteiger partial charge is 0.137 e. The fourth-order valence-electron chi connectivity index (χ4n) is 1.84. The monoisotopic (exact) mass is 329 g/mol. The Labute approximate surface area is 119 Å². The molecule has 1 atom stereocenters. The number of nitrogens with zero attached hydrogens (tertiary/aromatic N) is 3. The first kappa shape index (κ1) is 13.5. The van der Waals surface area contributed by atoms with Crippen LogP contribution in [0.15, 0.2) is 35.3 Å². The van der Waals surface area contributed by atoms with Gasteiger partial charge in [0.2, 0.25) is 0 Å². The zero-order valence-electron chi connectivity index (χ0n) is 9.85. The molecule has 1 aromatic heterocycles. The summed E-state index contributed by atoms with van der Waals surface area (Å²) >= 11 is 9.55. The van der Waals surface area contributed by atoms with Gasteiger partial charge in [-0.2, -0.15) is 5.10 Å². The molecule has 0 amide bonds. The van der Waals surface area contributed by atoms with Gasteiger partial charge in [-0.15, -0.1) is 0 Å². The van der Waals surface area contributed by atoms with E-state index >= 15 is 0 Å². The third-order valence-corrected chi connectivity index (χ3v) is 3.71. The fourth-order valence-corrected chi connectivity index (χ4v) is 2.69.